The van der Waals surface area contributed by atoms with Gasteiger partial charge < -0.3 is 9.88 Å². The number of imidazole rings is 1. The summed E-state index contributed by atoms with van der Waals surface area (Å²) in [6, 6.07) is 12.1. The van der Waals surface area contributed by atoms with Crippen molar-refractivity contribution in [3.8, 4) is 0 Å². The molecule has 28 heavy (non-hydrogen) atoms. The van der Waals surface area contributed by atoms with Gasteiger partial charge in [-0.25, -0.2) is 4.98 Å². The highest BCUT2D eigenvalue weighted by Gasteiger charge is 2.22. The van der Waals surface area contributed by atoms with Gasteiger partial charge in [-0.2, -0.15) is 0 Å². The zero-order valence-corrected chi connectivity index (χ0v) is 16.9. The van der Waals surface area contributed by atoms with E-state index in [-0.39, 0.29) is 11.2 Å². The number of amides is 1. The van der Waals surface area contributed by atoms with Gasteiger partial charge in [0.2, 0.25) is 5.91 Å². The van der Waals surface area contributed by atoms with Crippen LogP contribution in [0.1, 0.15) is 23.6 Å². The number of aromatic amines is 1. The van der Waals surface area contributed by atoms with Gasteiger partial charge in [0.25, 0.3) is 0 Å². The Morgan fingerprint density at radius 3 is 2.64 bits per heavy atom. The van der Waals surface area contributed by atoms with Crippen molar-refractivity contribution in [1.82, 2.24) is 24.8 Å². The van der Waals surface area contributed by atoms with Crippen molar-refractivity contribution in [2.75, 3.05) is 31.9 Å². The van der Waals surface area contributed by atoms with Gasteiger partial charge in [0.1, 0.15) is 5.82 Å². The van der Waals surface area contributed by atoms with Gasteiger partial charge in [0, 0.05) is 45.1 Å². The molecule has 0 saturated carbocycles. The zero-order chi connectivity index (χ0) is 19.3. The van der Waals surface area contributed by atoms with Gasteiger partial charge in [0.15, 0.2) is 0 Å². The second-order valence-electron chi connectivity index (χ2n) is 7.10. The average Bonchev–Trinajstić information content (AvgIpc) is 3.17. The van der Waals surface area contributed by atoms with Crippen LogP contribution in [-0.4, -0.2) is 62.6 Å². The number of piperazine rings is 1. The number of nitrogens with zero attached hydrogens (tertiary/aromatic N) is 4. The quantitative estimate of drug-likeness (QED) is 0.695. The van der Waals surface area contributed by atoms with E-state index in [9.17, 15) is 4.79 Å². The summed E-state index contributed by atoms with van der Waals surface area (Å²) in [7, 11) is 0. The van der Waals surface area contributed by atoms with Crippen molar-refractivity contribution >= 4 is 28.7 Å². The van der Waals surface area contributed by atoms with Crippen molar-refractivity contribution in [3.63, 3.8) is 0 Å². The minimum atomic E-state index is 0.157. The van der Waals surface area contributed by atoms with E-state index >= 15 is 0 Å². The highest BCUT2D eigenvalue weighted by Crippen LogP contribution is 2.28. The third-order valence-corrected chi connectivity index (χ3v) is 6.27. The zero-order valence-electron chi connectivity index (χ0n) is 16.0. The Hall–Kier alpha value is -2.38. The van der Waals surface area contributed by atoms with E-state index in [1.54, 1.807) is 11.8 Å². The molecule has 4 rings (SSSR count). The second kappa shape index (κ2) is 8.75. The predicted octanol–water partition coefficient (Wildman–Crippen LogP) is 3.10. The lowest BCUT2D eigenvalue weighted by molar-refractivity contribution is -0.130. The molecule has 7 heteroatoms. The first-order valence-electron chi connectivity index (χ1n) is 9.64. The number of thioether (sulfide) groups is 1. The summed E-state index contributed by atoms with van der Waals surface area (Å²) in [5.74, 6) is 1.64. The van der Waals surface area contributed by atoms with Crippen LogP contribution >= 0.6 is 11.8 Å². The molecule has 1 amide bonds. The van der Waals surface area contributed by atoms with E-state index < -0.39 is 0 Å². The van der Waals surface area contributed by atoms with Crippen LogP contribution in [0.25, 0.3) is 11.0 Å². The number of rotatable bonds is 6. The Labute approximate surface area is 169 Å². The first kappa shape index (κ1) is 19.0. The molecule has 3 aromatic rings. The van der Waals surface area contributed by atoms with Crippen LogP contribution in [0.15, 0.2) is 48.8 Å². The maximum atomic E-state index is 12.6. The van der Waals surface area contributed by atoms with Crippen LogP contribution in [0.3, 0.4) is 0 Å². The van der Waals surface area contributed by atoms with Crippen LogP contribution in [-0.2, 0) is 11.3 Å². The molecule has 3 heterocycles. The number of fused-ring (bicyclic) bond motifs is 1. The largest absolute Gasteiger partial charge is 0.341 e. The highest BCUT2D eigenvalue weighted by atomic mass is 32.2. The number of carbonyl (C=O) groups excluding carboxylic acids is 1. The minimum absolute atomic E-state index is 0.157. The Balaban J connectivity index is 1.24. The third-order valence-electron chi connectivity index (χ3n) is 5.13. The summed E-state index contributed by atoms with van der Waals surface area (Å²) in [5, 5.41) is 0.157. The summed E-state index contributed by atoms with van der Waals surface area (Å²) < 4.78 is 0. The molecule has 1 aliphatic rings. The van der Waals surface area contributed by atoms with Gasteiger partial charge >= 0.3 is 0 Å². The molecule has 1 aromatic carbocycles. The fraction of sp³-hybridized carbons (Fsp3) is 0.381. The van der Waals surface area contributed by atoms with Gasteiger partial charge in [-0.05, 0) is 36.8 Å². The second-order valence-corrected chi connectivity index (χ2v) is 8.43. The van der Waals surface area contributed by atoms with E-state index in [0.717, 1.165) is 49.6 Å². The number of H-pyrrole nitrogens is 1. The minimum Gasteiger partial charge on any atom is -0.341 e. The molecular weight excluding hydrogens is 370 g/mol. The molecule has 2 aromatic heterocycles. The van der Waals surface area contributed by atoms with E-state index in [1.165, 1.54) is 5.56 Å². The molecule has 1 atom stereocenters. The molecule has 6 nitrogen and oxygen atoms in total. The maximum absolute atomic E-state index is 12.6. The summed E-state index contributed by atoms with van der Waals surface area (Å²) >= 11 is 1.64. The molecule has 0 aliphatic carbocycles. The Morgan fingerprint density at radius 2 is 1.89 bits per heavy atom. The lowest BCUT2D eigenvalue weighted by atomic mass is 10.2. The lowest BCUT2D eigenvalue weighted by Gasteiger charge is -2.34. The molecular formula is C21H25N5OS. The van der Waals surface area contributed by atoms with Crippen molar-refractivity contribution in [2.24, 2.45) is 0 Å². The Morgan fingerprint density at radius 1 is 1.14 bits per heavy atom. The number of nitrogens with one attached hydrogen (secondary N) is 1. The van der Waals surface area contributed by atoms with Gasteiger partial charge in [-0.15, -0.1) is 11.8 Å². The first-order chi connectivity index (χ1) is 13.7. The van der Waals surface area contributed by atoms with Crippen LogP contribution in [0.5, 0.6) is 0 Å². The van der Waals surface area contributed by atoms with Crippen LogP contribution in [0.4, 0.5) is 0 Å². The highest BCUT2D eigenvalue weighted by molar-refractivity contribution is 8.00. The van der Waals surface area contributed by atoms with E-state index in [1.807, 2.05) is 53.7 Å². The number of carbonyl (C=O) groups is 1. The third kappa shape index (κ3) is 4.54. The summed E-state index contributed by atoms with van der Waals surface area (Å²) in [5.41, 5.74) is 3.29. The summed E-state index contributed by atoms with van der Waals surface area (Å²) in [4.78, 5) is 29.1. The summed E-state index contributed by atoms with van der Waals surface area (Å²) in [6.45, 7) is 6.44. The van der Waals surface area contributed by atoms with Gasteiger partial charge in [0.05, 0.1) is 22.0 Å². The normalized spacial score (nSPS) is 16.4. The number of para-hydroxylation sites is 2. The standard InChI is InChI=1S/C21H25N5OS/c1-16(21-23-18-4-2-3-5-19(18)24-21)28-15-20(27)26-12-10-25(11-13-26)14-17-6-8-22-9-7-17/h2-9,16H,10-15H2,1H3,(H,23,24)/t16-/m0/s1. The maximum Gasteiger partial charge on any atom is 0.232 e. The Bertz CT molecular complexity index is 888. The van der Waals surface area contributed by atoms with E-state index in [4.69, 9.17) is 0 Å². The van der Waals surface area contributed by atoms with Gasteiger partial charge in [-0.1, -0.05) is 12.1 Å². The SMILES string of the molecule is C[C@H](SCC(=O)N1CCN(Cc2ccncc2)CC1)c1nc2ccccc2[nH]1. The first-order valence-corrected chi connectivity index (χ1v) is 10.7. The predicted molar refractivity (Wildman–Crippen MR) is 113 cm³/mol. The number of pyridine rings is 1. The van der Waals surface area contributed by atoms with Crippen LogP contribution < -0.4 is 0 Å². The monoisotopic (exact) mass is 395 g/mol. The lowest BCUT2D eigenvalue weighted by Crippen LogP contribution is -2.48. The fourth-order valence-corrected chi connectivity index (χ4v) is 4.28. The van der Waals surface area contributed by atoms with Crippen molar-refractivity contribution in [2.45, 2.75) is 18.7 Å². The van der Waals surface area contributed by atoms with Crippen LogP contribution in [0, 0.1) is 0 Å². The molecule has 1 N–H and O–H groups in total. The molecule has 1 aliphatic heterocycles. The molecule has 1 saturated heterocycles. The number of hydrogen-bond acceptors (Lipinski definition) is 5. The molecule has 0 unspecified atom stereocenters. The average molecular weight is 396 g/mol. The molecule has 146 valence electrons. The van der Waals surface area contributed by atoms with E-state index in [0.29, 0.717) is 5.75 Å². The van der Waals surface area contributed by atoms with Crippen molar-refractivity contribution in [1.29, 1.82) is 0 Å². The fourth-order valence-electron chi connectivity index (χ4n) is 3.43. The van der Waals surface area contributed by atoms with Gasteiger partial charge in [-0.3, -0.25) is 14.7 Å². The van der Waals surface area contributed by atoms with Crippen LogP contribution in [0.2, 0.25) is 0 Å². The number of hydrogen-bond donors (Lipinski definition) is 1. The summed E-state index contributed by atoms with van der Waals surface area (Å²) in [6.07, 6.45) is 3.66. The number of benzene rings is 1. The Kier molecular flexibility index (Phi) is 5.92. The van der Waals surface area contributed by atoms with Crippen molar-refractivity contribution in [3.05, 3.63) is 60.2 Å². The van der Waals surface area contributed by atoms with Crippen molar-refractivity contribution < 1.29 is 4.79 Å². The van der Waals surface area contributed by atoms with E-state index in [2.05, 4.69) is 26.8 Å². The smallest absolute Gasteiger partial charge is 0.232 e. The topological polar surface area (TPSA) is 65.1 Å². The molecule has 0 spiro atoms. The number of aromatic nitrogens is 3. The molecule has 0 radical (unpaired) electrons. The molecule has 0 bridgehead atoms. The molecule has 1 fully saturated rings.